The third-order valence-electron chi connectivity index (χ3n) is 11.0. The Morgan fingerprint density at radius 3 is 2.33 bits per heavy atom. The van der Waals surface area contributed by atoms with E-state index in [0.717, 1.165) is 83.0 Å². The van der Waals surface area contributed by atoms with Crippen molar-refractivity contribution in [3.05, 3.63) is 6.07 Å². The lowest BCUT2D eigenvalue weighted by molar-refractivity contribution is 0.0386. The van der Waals surface area contributed by atoms with Crippen molar-refractivity contribution in [1.29, 1.82) is 0 Å². The van der Waals surface area contributed by atoms with Gasteiger partial charge in [0.1, 0.15) is 11.6 Å². The predicted molar refractivity (Wildman–Crippen MR) is 184 cm³/mol. The summed E-state index contributed by atoms with van der Waals surface area (Å²) in [5.41, 5.74) is 6.32. The second-order valence-corrected chi connectivity index (χ2v) is 16.3. The zero-order valence-corrected chi connectivity index (χ0v) is 28.5. The average molecular weight is 649 g/mol. The number of aromatic nitrogens is 2. The maximum absolute atomic E-state index is 11.4. The van der Waals surface area contributed by atoms with Gasteiger partial charge in [0.15, 0.2) is 0 Å². The molecule has 0 aromatic carbocycles. The first kappa shape index (κ1) is 34.8. The maximum atomic E-state index is 11.4. The first-order valence-electron chi connectivity index (χ1n) is 18.2. The van der Waals surface area contributed by atoms with Gasteiger partial charge < -0.3 is 36.4 Å². The second-order valence-electron chi connectivity index (χ2n) is 14.5. The molecule has 1 saturated heterocycles. The minimum Gasteiger partial charge on any atom is -0.383 e. The van der Waals surface area contributed by atoms with Crippen LogP contribution in [0.4, 0.5) is 17.6 Å². The van der Waals surface area contributed by atoms with Crippen LogP contribution in [0.2, 0.25) is 0 Å². The third kappa shape index (κ3) is 11.0. The van der Waals surface area contributed by atoms with Crippen molar-refractivity contribution in [1.82, 2.24) is 25.5 Å². The van der Waals surface area contributed by atoms with Crippen LogP contribution in [-0.4, -0.2) is 94.8 Å². The number of nitrogen functional groups attached to an aromatic ring is 1. The van der Waals surface area contributed by atoms with E-state index >= 15 is 0 Å². The molecule has 1 spiro atoms. The molecule has 12 heteroatoms. The van der Waals surface area contributed by atoms with E-state index in [-0.39, 0.29) is 11.7 Å². The molecule has 1 aliphatic heterocycles. The molecule has 5 rings (SSSR count). The van der Waals surface area contributed by atoms with Gasteiger partial charge in [0.05, 0.1) is 6.16 Å². The molecule has 45 heavy (non-hydrogen) atoms. The first-order valence-corrected chi connectivity index (χ1v) is 19.9. The molecular formula is C33H61N8O3P. The van der Waals surface area contributed by atoms with Gasteiger partial charge in [0.2, 0.25) is 5.95 Å². The largest absolute Gasteiger partial charge is 0.383 e. The highest BCUT2D eigenvalue weighted by molar-refractivity contribution is 7.51. The van der Waals surface area contributed by atoms with Gasteiger partial charge in [0.25, 0.3) is 0 Å². The van der Waals surface area contributed by atoms with E-state index in [1.54, 1.807) is 0 Å². The normalized spacial score (nSPS) is 25.1. The van der Waals surface area contributed by atoms with Crippen LogP contribution in [0.3, 0.4) is 0 Å². The Kier molecular flexibility index (Phi) is 13.2. The van der Waals surface area contributed by atoms with Crippen LogP contribution in [0.1, 0.15) is 103 Å². The standard InChI is InChI=1S/C33H61N8O3P/c34-30-23-31(40-20-21-41(19-8-22-45(42,43)44)33(26-40)15-5-2-6-16-33)39-32(38-30)37-25-28-13-11-27(12-14-28)24-35-17-7-18-36-29-9-3-1-4-10-29/h23,27-29,35-36H,1-22,24-26H2,(H2,42,43,44)(H3,34,37,38,39)/t27-,28-. The maximum Gasteiger partial charge on any atom is 0.325 e. The molecule has 11 nitrogen and oxygen atoms in total. The molecule has 1 aromatic rings. The lowest BCUT2D eigenvalue weighted by Crippen LogP contribution is -2.63. The molecule has 0 atom stereocenters. The summed E-state index contributed by atoms with van der Waals surface area (Å²) < 4.78 is 11.4. The number of hydrogen-bond donors (Lipinski definition) is 6. The molecule has 0 amide bonds. The Bertz CT molecular complexity index is 1070. The number of nitrogens with two attached hydrogens (primary N) is 1. The first-order chi connectivity index (χ1) is 21.8. The molecule has 7 N–H and O–H groups in total. The number of nitrogens with zero attached hydrogens (tertiary/aromatic N) is 4. The lowest BCUT2D eigenvalue weighted by atomic mass is 9.78. The van der Waals surface area contributed by atoms with Gasteiger partial charge in [-0.25, -0.2) is 0 Å². The van der Waals surface area contributed by atoms with Crippen molar-refractivity contribution in [3.63, 3.8) is 0 Å². The summed E-state index contributed by atoms with van der Waals surface area (Å²) in [6, 6.07) is 2.66. The number of piperazine rings is 1. The SMILES string of the molecule is Nc1cc(N2CCN(CCCP(=O)(O)O)C3(CCCCC3)C2)nc(NC[C@H]2CC[C@H](CNCCCNC3CCCCC3)CC2)n1. The topological polar surface area (TPSA) is 152 Å². The lowest BCUT2D eigenvalue weighted by Gasteiger charge is -2.53. The number of anilines is 3. The minimum atomic E-state index is -3.97. The van der Waals surface area contributed by atoms with Crippen LogP contribution < -0.4 is 26.6 Å². The zero-order valence-electron chi connectivity index (χ0n) is 27.6. The van der Waals surface area contributed by atoms with Crippen molar-refractivity contribution >= 4 is 25.2 Å². The van der Waals surface area contributed by atoms with E-state index in [1.807, 2.05) is 6.07 Å². The highest BCUT2D eigenvalue weighted by Crippen LogP contribution is 2.40. The molecule has 2 heterocycles. The summed E-state index contributed by atoms with van der Waals surface area (Å²) in [5.74, 6) is 3.42. The monoisotopic (exact) mass is 648 g/mol. The van der Waals surface area contributed by atoms with Gasteiger partial charge >= 0.3 is 7.60 Å². The van der Waals surface area contributed by atoms with E-state index in [1.165, 1.54) is 83.5 Å². The summed E-state index contributed by atoms with van der Waals surface area (Å²) in [7, 11) is -3.97. The Hall–Kier alpha value is -1.49. The molecule has 1 aromatic heterocycles. The molecule has 0 radical (unpaired) electrons. The summed E-state index contributed by atoms with van der Waals surface area (Å²) >= 11 is 0. The third-order valence-corrected chi connectivity index (χ3v) is 11.9. The van der Waals surface area contributed by atoms with Crippen LogP contribution in [-0.2, 0) is 4.57 Å². The smallest absolute Gasteiger partial charge is 0.325 e. The molecule has 4 aliphatic rings. The summed E-state index contributed by atoms with van der Waals surface area (Å²) in [5, 5.41) is 11.0. The summed E-state index contributed by atoms with van der Waals surface area (Å²) in [6.45, 7) is 7.57. The quantitative estimate of drug-likeness (QED) is 0.117. The Balaban J connectivity index is 1.03. The molecule has 3 saturated carbocycles. The van der Waals surface area contributed by atoms with E-state index in [0.29, 0.717) is 24.1 Å². The van der Waals surface area contributed by atoms with Gasteiger partial charge in [-0.1, -0.05) is 38.5 Å². The van der Waals surface area contributed by atoms with Crippen molar-refractivity contribution in [2.45, 2.75) is 114 Å². The van der Waals surface area contributed by atoms with Crippen LogP contribution >= 0.6 is 7.60 Å². The molecule has 0 bridgehead atoms. The fourth-order valence-electron chi connectivity index (χ4n) is 8.41. The molecule has 4 fully saturated rings. The van der Waals surface area contributed by atoms with Crippen LogP contribution in [0.25, 0.3) is 0 Å². The van der Waals surface area contributed by atoms with Gasteiger partial charge in [-0.15, -0.1) is 0 Å². The van der Waals surface area contributed by atoms with E-state index in [9.17, 15) is 14.4 Å². The van der Waals surface area contributed by atoms with Crippen molar-refractivity contribution in [2.24, 2.45) is 11.8 Å². The number of rotatable bonds is 15. The summed E-state index contributed by atoms with van der Waals surface area (Å²) in [6.07, 6.45) is 19.5. The van der Waals surface area contributed by atoms with Crippen molar-refractivity contribution in [3.8, 4) is 0 Å². The zero-order chi connectivity index (χ0) is 31.5. The Morgan fingerprint density at radius 1 is 0.889 bits per heavy atom. The van der Waals surface area contributed by atoms with E-state index in [4.69, 9.17) is 10.7 Å². The van der Waals surface area contributed by atoms with Gasteiger partial charge in [-0.3, -0.25) is 9.46 Å². The fourth-order valence-corrected chi connectivity index (χ4v) is 8.96. The Morgan fingerprint density at radius 2 is 1.60 bits per heavy atom. The van der Waals surface area contributed by atoms with Gasteiger partial charge in [-0.05, 0) is 102 Å². The van der Waals surface area contributed by atoms with Gasteiger partial charge in [0, 0.05) is 43.8 Å². The van der Waals surface area contributed by atoms with E-state index in [2.05, 4.69) is 30.7 Å². The van der Waals surface area contributed by atoms with Crippen molar-refractivity contribution < 1.29 is 14.4 Å². The number of nitrogens with one attached hydrogen (secondary N) is 3. The Labute approximate surface area is 271 Å². The van der Waals surface area contributed by atoms with E-state index < -0.39 is 7.60 Å². The predicted octanol–water partition coefficient (Wildman–Crippen LogP) is 4.57. The van der Waals surface area contributed by atoms with Crippen LogP contribution in [0.15, 0.2) is 6.07 Å². The molecule has 256 valence electrons. The second kappa shape index (κ2) is 17.1. The minimum absolute atomic E-state index is 0.0258. The van der Waals surface area contributed by atoms with Gasteiger partial charge in [-0.2, -0.15) is 9.97 Å². The average Bonchev–Trinajstić information content (AvgIpc) is 3.03. The van der Waals surface area contributed by atoms with Crippen LogP contribution in [0.5, 0.6) is 0 Å². The number of hydrogen-bond acceptors (Lipinski definition) is 9. The molecule has 0 unspecified atom stereocenters. The highest BCUT2D eigenvalue weighted by atomic mass is 31.2. The summed E-state index contributed by atoms with van der Waals surface area (Å²) in [4.78, 5) is 33.1. The fraction of sp³-hybridized carbons (Fsp3) is 0.879. The van der Waals surface area contributed by atoms with Crippen molar-refractivity contribution in [2.75, 3.05) is 74.5 Å². The molecule has 3 aliphatic carbocycles. The molecular weight excluding hydrogens is 587 g/mol. The highest BCUT2D eigenvalue weighted by Gasteiger charge is 2.42. The van der Waals surface area contributed by atoms with Crippen LogP contribution in [0, 0.1) is 11.8 Å².